The van der Waals surface area contributed by atoms with Gasteiger partial charge in [-0.25, -0.2) is 24.7 Å². The van der Waals surface area contributed by atoms with E-state index in [4.69, 9.17) is 15.1 Å². The molecule has 0 unspecified atom stereocenters. The Morgan fingerprint density at radius 3 is 2.44 bits per heavy atom. The standard InChI is InChI=1S/C35H36N8O2/c1-20-27(17-40-43(20)18-35-12-21-8-22(13-35)10-23(9-21)14-35)28-16-38-33-31(30(28)34(44)45)39-19-42(33)25-11-26(24-5-6-24)32(37-15-25)41-29-4-2-3-7-36-29/h2-4,7,11,15-17,19,21-24H,5-6,8-10,12-14,18H2,1H3,(H,44,45)(H,36,37,41). The van der Waals surface area contributed by atoms with Crippen molar-refractivity contribution in [3.05, 3.63) is 72.2 Å². The fraction of sp³-hybridized carbons (Fsp3) is 0.429. The van der Waals surface area contributed by atoms with Gasteiger partial charge in [0.1, 0.15) is 23.5 Å². The Morgan fingerprint density at radius 2 is 1.76 bits per heavy atom. The highest BCUT2D eigenvalue weighted by molar-refractivity contribution is 6.06. The van der Waals surface area contributed by atoms with Crippen LogP contribution in [0.4, 0.5) is 11.6 Å². The molecule has 45 heavy (non-hydrogen) atoms. The SMILES string of the molecule is Cc1c(-c2cnc3c(ncn3-c3cnc(Nc4ccccn4)c(C4CC4)c3)c2C(=O)O)cnn1CC12CC3CC(CC(C3)C1)C2. The number of nitrogens with zero attached hydrogens (tertiary/aromatic N) is 7. The Balaban J connectivity index is 1.06. The number of nitrogens with one attached hydrogen (secondary N) is 1. The number of carboxylic acids is 1. The van der Waals surface area contributed by atoms with Crippen LogP contribution in [0.2, 0.25) is 0 Å². The van der Waals surface area contributed by atoms with Crippen molar-refractivity contribution in [1.82, 2.24) is 34.3 Å². The van der Waals surface area contributed by atoms with Crippen LogP contribution in [-0.2, 0) is 6.54 Å². The van der Waals surface area contributed by atoms with Gasteiger partial charge in [-0.15, -0.1) is 0 Å². The molecule has 2 N–H and O–H groups in total. The second-order valence-corrected chi connectivity index (χ2v) is 14.1. The maximum atomic E-state index is 12.8. The monoisotopic (exact) mass is 600 g/mol. The molecule has 5 aromatic rings. The summed E-state index contributed by atoms with van der Waals surface area (Å²) in [5.74, 6) is 3.53. The zero-order chi connectivity index (χ0) is 30.3. The van der Waals surface area contributed by atoms with Gasteiger partial charge in [-0.1, -0.05) is 6.07 Å². The van der Waals surface area contributed by atoms with E-state index in [-0.39, 0.29) is 5.56 Å². The van der Waals surface area contributed by atoms with Crippen molar-refractivity contribution in [3.8, 4) is 16.8 Å². The molecule has 228 valence electrons. The summed E-state index contributed by atoms with van der Waals surface area (Å²) < 4.78 is 3.96. The van der Waals surface area contributed by atoms with Gasteiger partial charge in [0.2, 0.25) is 0 Å². The lowest BCUT2D eigenvalue weighted by molar-refractivity contribution is -0.0638. The van der Waals surface area contributed by atoms with Crippen LogP contribution in [0, 0.1) is 30.1 Å². The number of carbonyl (C=O) groups is 1. The van der Waals surface area contributed by atoms with E-state index in [0.29, 0.717) is 28.1 Å². The van der Waals surface area contributed by atoms with Gasteiger partial charge in [0.05, 0.1) is 23.6 Å². The van der Waals surface area contributed by atoms with Crippen molar-refractivity contribution in [2.75, 3.05) is 5.32 Å². The Kier molecular flexibility index (Phi) is 5.92. The largest absolute Gasteiger partial charge is 0.478 e. The molecule has 5 aliphatic rings. The molecule has 5 aliphatic carbocycles. The van der Waals surface area contributed by atoms with E-state index >= 15 is 0 Å². The minimum absolute atomic E-state index is 0.153. The van der Waals surface area contributed by atoms with E-state index in [1.54, 1.807) is 24.9 Å². The Morgan fingerprint density at radius 1 is 0.978 bits per heavy atom. The topological polar surface area (TPSA) is 124 Å². The first-order valence-corrected chi connectivity index (χ1v) is 16.2. The van der Waals surface area contributed by atoms with Crippen molar-refractivity contribution >= 4 is 28.8 Å². The molecule has 0 aromatic carbocycles. The minimum Gasteiger partial charge on any atom is -0.478 e. The summed E-state index contributed by atoms with van der Waals surface area (Å²) in [4.78, 5) is 31.4. The Labute approximate surface area is 261 Å². The number of carboxylic acid groups (broad SMARTS) is 1. The molecule has 10 heteroatoms. The third-order valence-electron chi connectivity index (χ3n) is 10.9. The van der Waals surface area contributed by atoms with Crippen LogP contribution >= 0.6 is 0 Å². The van der Waals surface area contributed by atoms with E-state index in [2.05, 4.69) is 33.0 Å². The van der Waals surface area contributed by atoms with Crippen LogP contribution in [0.5, 0.6) is 0 Å². The van der Waals surface area contributed by atoms with Gasteiger partial charge in [0, 0.05) is 41.3 Å². The second kappa shape index (κ2) is 9.95. The molecule has 5 heterocycles. The molecule has 10 rings (SSSR count). The van der Waals surface area contributed by atoms with Crippen LogP contribution < -0.4 is 5.32 Å². The molecular weight excluding hydrogens is 564 g/mol. The smallest absolute Gasteiger partial charge is 0.338 e. The summed E-state index contributed by atoms with van der Waals surface area (Å²) in [5.41, 5.74) is 5.59. The normalized spacial score (nSPS) is 25.2. The average molecular weight is 601 g/mol. The van der Waals surface area contributed by atoms with E-state index in [9.17, 15) is 9.90 Å². The van der Waals surface area contributed by atoms with Gasteiger partial charge in [-0.3, -0.25) is 9.25 Å². The zero-order valence-corrected chi connectivity index (χ0v) is 25.4. The van der Waals surface area contributed by atoms with Gasteiger partial charge in [-0.05, 0) is 106 Å². The summed E-state index contributed by atoms with van der Waals surface area (Å²) in [6, 6.07) is 7.84. The predicted molar refractivity (Wildman–Crippen MR) is 170 cm³/mol. The Bertz CT molecular complexity index is 1920. The second-order valence-electron chi connectivity index (χ2n) is 14.1. The van der Waals surface area contributed by atoms with Crippen molar-refractivity contribution < 1.29 is 9.90 Å². The van der Waals surface area contributed by atoms with Crippen molar-refractivity contribution in [2.24, 2.45) is 23.2 Å². The summed E-state index contributed by atoms with van der Waals surface area (Å²) in [5, 5.41) is 18.7. The lowest BCUT2D eigenvalue weighted by Crippen LogP contribution is -2.48. The maximum absolute atomic E-state index is 12.8. The quantitative estimate of drug-likeness (QED) is 0.197. The van der Waals surface area contributed by atoms with Crippen LogP contribution in [0.3, 0.4) is 0 Å². The average Bonchev–Trinajstić information content (AvgIpc) is 3.69. The number of anilines is 2. The molecule has 0 spiro atoms. The van der Waals surface area contributed by atoms with E-state index < -0.39 is 5.97 Å². The van der Waals surface area contributed by atoms with Gasteiger partial charge < -0.3 is 10.4 Å². The molecule has 0 saturated heterocycles. The molecule has 0 radical (unpaired) electrons. The van der Waals surface area contributed by atoms with Crippen LogP contribution in [-0.4, -0.2) is 45.4 Å². The van der Waals surface area contributed by atoms with Crippen LogP contribution in [0.25, 0.3) is 28.0 Å². The van der Waals surface area contributed by atoms with Crippen molar-refractivity contribution in [2.45, 2.75) is 70.8 Å². The minimum atomic E-state index is -1.03. The highest BCUT2D eigenvalue weighted by Gasteiger charge is 2.51. The van der Waals surface area contributed by atoms with Gasteiger partial charge in [0.15, 0.2) is 5.65 Å². The number of imidazole rings is 1. The summed E-state index contributed by atoms with van der Waals surface area (Å²) in [6.07, 6.45) is 19.0. The molecule has 0 amide bonds. The van der Waals surface area contributed by atoms with Crippen LogP contribution in [0.1, 0.15) is 78.9 Å². The predicted octanol–water partition coefficient (Wildman–Crippen LogP) is 6.92. The molecule has 4 bridgehead atoms. The first-order chi connectivity index (χ1) is 21.9. The van der Waals surface area contributed by atoms with E-state index in [0.717, 1.165) is 71.3 Å². The van der Waals surface area contributed by atoms with Crippen molar-refractivity contribution in [3.63, 3.8) is 0 Å². The summed E-state index contributed by atoms with van der Waals surface area (Å²) in [7, 11) is 0. The number of hydrogen-bond donors (Lipinski definition) is 2. The first-order valence-electron chi connectivity index (χ1n) is 16.2. The number of aromatic carboxylic acids is 1. The lowest BCUT2D eigenvalue weighted by Gasteiger charge is -2.56. The molecular formula is C35H36N8O2. The van der Waals surface area contributed by atoms with Crippen LogP contribution in [0.15, 0.2) is 55.4 Å². The maximum Gasteiger partial charge on any atom is 0.338 e. The number of fused-ring (bicyclic) bond motifs is 1. The first kappa shape index (κ1) is 26.8. The van der Waals surface area contributed by atoms with E-state index in [1.165, 1.54) is 38.5 Å². The molecule has 5 saturated carbocycles. The molecule has 0 atom stereocenters. The molecule has 5 aromatic heterocycles. The summed E-state index contributed by atoms with van der Waals surface area (Å²) >= 11 is 0. The lowest BCUT2D eigenvalue weighted by atomic mass is 9.49. The fourth-order valence-electron chi connectivity index (χ4n) is 9.21. The number of rotatable bonds is 8. The van der Waals surface area contributed by atoms with Crippen molar-refractivity contribution in [1.29, 1.82) is 0 Å². The Hall–Kier alpha value is -4.60. The summed E-state index contributed by atoms with van der Waals surface area (Å²) in [6.45, 7) is 2.97. The van der Waals surface area contributed by atoms with Gasteiger partial charge >= 0.3 is 5.97 Å². The fourth-order valence-corrected chi connectivity index (χ4v) is 9.21. The van der Waals surface area contributed by atoms with E-state index in [1.807, 2.05) is 29.0 Å². The highest BCUT2D eigenvalue weighted by Crippen LogP contribution is 2.60. The van der Waals surface area contributed by atoms with Gasteiger partial charge in [0.25, 0.3) is 0 Å². The highest BCUT2D eigenvalue weighted by atomic mass is 16.4. The number of hydrogen-bond acceptors (Lipinski definition) is 7. The zero-order valence-electron chi connectivity index (χ0n) is 25.4. The molecule has 10 nitrogen and oxygen atoms in total. The third kappa shape index (κ3) is 4.52. The number of aromatic nitrogens is 7. The molecule has 5 fully saturated rings. The molecule has 0 aliphatic heterocycles. The number of pyridine rings is 3. The third-order valence-corrected chi connectivity index (χ3v) is 10.9. The van der Waals surface area contributed by atoms with Gasteiger partial charge in [-0.2, -0.15) is 5.10 Å².